The van der Waals surface area contributed by atoms with Crippen LogP contribution in [-0.2, 0) is 0 Å². The van der Waals surface area contributed by atoms with Gasteiger partial charge in [-0.05, 0) is 64.7 Å². The second kappa shape index (κ2) is 7.51. The maximum atomic E-state index is 10.9. The van der Waals surface area contributed by atoms with Gasteiger partial charge in [-0.1, -0.05) is 18.6 Å². The fourth-order valence-electron chi connectivity index (χ4n) is 5.39. The third-order valence-corrected chi connectivity index (χ3v) is 7.00. The van der Waals surface area contributed by atoms with E-state index in [-0.39, 0.29) is 23.4 Å². The zero-order valence-electron chi connectivity index (χ0n) is 16.5. The van der Waals surface area contributed by atoms with E-state index < -0.39 is 5.60 Å². The molecule has 1 N–H and O–H groups in total. The number of hydrogen-bond acceptors (Lipinski definition) is 1. The first-order valence-electron chi connectivity index (χ1n) is 9.77. The lowest BCUT2D eigenvalue weighted by atomic mass is 9.52. The van der Waals surface area contributed by atoms with Gasteiger partial charge in [0.25, 0.3) is 6.04 Å². The van der Waals surface area contributed by atoms with Crippen molar-refractivity contribution in [3.63, 3.8) is 0 Å². The molecule has 0 saturated heterocycles. The average molecular weight is 343 g/mol. The maximum Gasteiger partial charge on any atom is 0.255 e. The maximum absolute atomic E-state index is 10.9. The van der Waals surface area contributed by atoms with Gasteiger partial charge >= 0.3 is 0 Å². The molecule has 2 aliphatic carbocycles. The zero-order chi connectivity index (χ0) is 18.8. The molecule has 138 valence electrons. The van der Waals surface area contributed by atoms with Crippen molar-refractivity contribution in [1.29, 1.82) is 0 Å². The Morgan fingerprint density at radius 3 is 2.48 bits per heavy atom. The van der Waals surface area contributed by atoms with Crippen LogP contribution in [0.3, 0.4) is 0 Å². The minimum absolute atomic E-state index is 0.149. The molecule has 2 fully saturated rings. The second-order valence-electron chi connectivity index (χ2n) is 9.16. The van der Waals surface area contributed by atoms with Crippen molar-refractivity contribution in [2.45, 2.75) is 90.3 Å². The van der Waals surface area contributed by atoms with E-state index in [2.05, 4.69) is 43.5 Å². The predicted molar refractivity (Wildman–Crippen MR) is 103 cm³/mol. The van der Waals surface area contributed by atoms with E-state index in [0.29, 0.717) is 18.3 Å². The van der Waals surface area contributed by atoms with E-state index in [0.717, 1.165) is 32.1 Å². The van der Waals surface area contributed by atoms with E-state index in [4.69, 9.17) is 13.1 Å². The molecule has 7 atom stereocenters. The summed E-state index contributed by atoms with van der Waals surface area (Å²) in [4.78, 5) is 7.93. The quantitative estimate of drug-likeness (QED) is 0.529. The summed E-state index contributed by atoms with van der Waals surface area (Å²) in [5, 5.41) is 10.9. The van der Waals surface area contributed by atoms with Crippen molar-refractivity contribution < 1.29 is 5.11 Å². The standard InChI is InChI=1S/C22H34N2O/c1-15(2)9-8-10-16(3)17-11-13-21(4,24-7)18-12-14-22(5,25)20(23-6)19(17)18/h9,16-20,25H,8,10-14H2,1-5H3/t16?,17-,18+,19-,20-,21+,22-/m1/s1. The fourth-order valence-corrected chi connectivity index (χ4v) is 5.39. The van der Waals surface area contributed by atoms with Crippen LogP contribution < -0.4 is 0 Å². The van der Waals surface area contributed by atoms with E-state index in [9.17, 15) is 5.11 Å². The summed E-state index contributed by atoms with van der Waals surface area (Å²) in [6.45, 7) is 26.0. The number of nitrogens with zero attached hydrogens (tertiary/aromatic N) is 2. The molecule has 3 nitrogen and oxygen atoms in total. The minimum atomic E-state index is -0.916. The van der Waals surface area contributed by atoms with Gasteiger partial charge in [0.05, 0.1) is 5.92 Å². The molecule has 0 bridgehead atoms. The van der Waals surface area contributed by atoms with Crippen molar-refractivity contribution in [1.82, 2.24) is 0 Å². The predicted octanol–water partition coefficient (Wildman–Crippen LogP) is 5.52. The molecule has 0 aromatic heterocycles. The lowest BCUT2D eigenvalue weighted by molar-refractivity contribution is -0.0793. The van der Waals surface area contributed by atoms with E-state index >= 15 is 0 Å². The molecule has 0 heterocycles. The number of rotatable bonds is 4. The summed E-state index contributed by atoms with van der Waals surface area (Å²) in [5.41, 5.74) is 0.0790. The Hall–Kier alpha value is -1.32. The van der Waals surface area contributed by atoms with Crippen LogP contribution in [0.5, 0.6) is 0 Å². The zero-order valence-corrected chi connectivity index (χ0v) is 16.5. The van der Waals surface area contributed by atoms with Gasteiger partial charge in [-0.15, -0.1) is 0 Å². The molecule has 0 radical (unpaired) electrons. The molecule has 0 aliphatic heterocycles. The highest BCUT2D eigenvalue weighted by Crippen LogP contribution is 2.55. The molecule has 0 aromatic carbocycles. The molecule has 1 unspecified atom stereocenters. The second-order valence-corrected chi connectivity index (χ2v) is 9.16. The highest BCUT2D eigenvalue weighted by molar-refractivity contribution is 5.17. The summed E-state index contributed by atoms with van der Waals surface area (Å²) in [5.74, 6) is 1.36. The van der Waals surface area contributed by atoms with Gasteiger partial charge in [0.15, 0.2) is 0 Å². The first-order valence-corrected chi connectivity index (χ1v) is 9.77. The first-order chi connectivity index (χ1) is 11.7. The monoisotopic (exact) mass is 342 g/mol. The average Bonchev–Trinajstić information content (AvgIpc) is 2.53. The highest BCUT2D eigenvalue weighted by atomic mass is 16.3. The van der Waals surface area contributed by atoms with Crippen molar-refractivity contribution in [2.75, 3.05) is 0 Å². The van der Waals surface area contributed by atoms with E-state index in [1.807, 2.05) is 6.92 Å². The van der Waals surface area contributed by atoms with Crippen LogP contribution in [0.25, 0.3) is 9.69 Å². The van der Waals surface area contributed by atoms with Gasteiger partial charge in [-0.2, -0.15) is 0 Å². The number of fused-ring (bicyclic) bond motifs is 1. The lowest BCUT2D eigenvalue weighted by Gasteiger charge is -2.50. The van der Waals surface area contributed by atoms with Gasteiger partial charge in [0.1, 0.15) is 5.60 Å². The van der Waals surface area contributed by atoms with Crippen LogP contribution in [0.15, 0.2) is 11.6 Å². The Labute approximate surface area is 154 Å². The molecular formula is C22H34N2O. The van der Waals surface area contributed by atoms with Gasteiger partial charge in [0, 0.05) is 19.3 Å². The topological polar surface area (TPSA) is 29.0 Å². The number of hydrogen-bond donors (Lipinski definition) is 1. The summed E-state index contributed by atoms with van der Waals surface area (Å²) in [6.07, 6.45) is 7.96. The summed E-state index contributed by atoms with van der Waals surface area (Å²) < 4.78 is 0. The molecule has 0 amide bonds. The summed E-state index contributed by atoms with van der Waals surface area (Å²) >= 11 is 0. The molecule has 25 heavy (non-hydrogen) atoms. The molecular weight excluding hydrogens is 308 g/mol. The fraction of sp³-hybridized carbons (Fsp3) is 0.818. The van der Waals surface area contributed by atoms with Crippen LogP contribution in [0.4, 0.5) is 0 Å². The Morgan fingerprint density at radius 2 is 1.92 bits per heavy atom. The van der Waals surface area contributed by atoms with Gasteiger partial charge in [-0.3, -0.25) is 0 Å². The van der Waals surface area contributed by atoms with Crippen molar-refractivity contribution in [3.05, 3.63) is 34.5 Å². The molecule has 2 aliphatic rings. The van der Waals surface area contributed by atoms with Crippen molar-refractivity contribution in [3.8, 4) is 0 Å². The molecule has 2 rings (SSSR count). The van der Waals surface area contributed by atoms with Crippen LogP contribution in [0, 0.1) is 36.8 Å². The molecule has 3 heteroatoms. The number of allylic oxidation sites excluding steroid dienone is 2. The van der Waals surface area contributed by atoms with Crippen LogP contribution in [0.2, 0.25) is 0 Å². The van der Waals surface area contributed by atoms with Crippen LogP contribution >= 0.6 is 0 Å². The van der Waals surface area contributed by atoms with Gasteiger partial charge < -0.3 is 14.8 Å². The first kappa shape index (κ1) is 20.0. The number of aliphatic hydroxyl groups is 1. The lowest BCUT2D eigenvalue weighted by Crippen LogP contribution is -2.59. The van der Waals surface area contributed by atoms with Crippen LogP contribution in [0.1, 0.15) is 73.1 Å². The van der Waals surface area contributed by atoms with E-state index in [1.54, 1.807) is 0 Å². The summed E-state index contributed by atoms with van der Waals surface area (Å²) in [7, 11) is 0. The highest BCUT2D eigenvalue weighted by Gasteiger charge is 2.62. The largest absolute Gasteiger partial charge is 0.382 e. The van der Waals surface area contributed by atoms with Gasteiger partial charge in [0.2, 0.25) is 5.54 Å². The SMILES string of the molecule is [C-]#[N+][C@@H]1[C@@H]2[C@@H](C(C)CCC=C(C)C)CC[C@](C)([N+]#[C-])[C@H]2CC[C@@]1(C)O. The molecule has 0 spiro atoms. The smallest absolute Gasteiger partial charge is 0.255 e. The third-order valence-electron chi connectivity index (χ3n) is 7.00. The normalized spacial score (nSPS) is 41.8. The van der Waals surface area contributed by atoms with Gasteiger partial charge in [-0.25, -0.2) is 13.1 Å². The Bertz CT molecular complexity index is 590. The Kier molecular flexibility index (Phi) is 6.01. The van der Waals surface area contributed by atoms with Crippen LogP contribution in [-0.4, -0.2) is 22.3 Å². The molecule has 2 saturated carbocycles. The molecule has 0 aromatic rings. The summed E-state index contributed by atoms with van der Waals surface area (Å²) in [6, 6.07) is -0.372. The Balaban J connectivity index is 2.30. The Morgan fingerprint density at radius 1 is 1.24 bits per heavy atom. The third kappa shape index (κ3) is 3.93. The van der Waals surface area contributed by atoms with E-state index in [1.165, 1.54) is 5.57 Å². The van der Waals surface area contributed by atoms with Crippen molar-refractivity contribution >= 4 is 0 Å². The van der Waals surface area contributed by atoms with Crippen molar-refractivity contribution in [2.24, 2.45) is 23.7 Å². The minimum Gasteiger partial charge on any atom is -0.382 e.